The van der Waals surface area contributed by atoms with Crippen molar-refractivity contribution in [2.45, 2.75) is 38.8 Å². The molecule has 0 saturated carbocycles. The largest absolute Gasteiger partial charge is 0.459 e. The van der Waals surface area contributed by atoms with Crippen molar-refractivity contribution in [3.8, 4) is 0 Å². The van der Waals surface area contributed by atoms with Crippen LogP contribution in [0, 0.1) is 5.92 Å². The number of hydrogen-bond acceptors (Lipinski definition) is 5. The molecular weight excluding hydrogens is 403 g/mol. The molecule has 4 rings (SSSR count). The van der Waals surface area contributed by atoms with Crippen molar-refractivity contribution in [1.29, 1.82) is 0 Å². The molecule has 0 spiro atoms. The summed E-state index contributed by atoms with van der Waals surface area (Å²) in [6, 6.07) is 12.3. The number of esters is 1. The zero-order chi connectivity index (χ0) is 22.3. The Bertz CT molecular complexity index is 1020. The molecule has 3 amide bonds. The average molecular weight is 424 g/mol. The van der Waals surface area contributed by atoms with Crippen LogP contribution in [0.1, 0.15) is 40.1 Å². The van der Waals surface area contributed by atoms with Gasteiger partial charge in [-0.3, -0.25) is 24.2 Å². The number of nitrogens with zero attached hydrogens (tertiary/aromatic N) is 2. The van der Waals surface area contributed by atoms with Crippen LogP contribution in [-0.2, 0) is 20.9 Å². The van der Waals surface area contributed by atoms with Crippen LogP contribution in [0.2, 0.25) is 0 Å². The minimum atomic E-state index is -1.99. The molecule has 2 aromatic carbocycles. The third-order valence-electron chi connectivity index (χ3n) is 5.53. The maximum atomic E-state index is 15.2. The second-order valence-corrected chi connectivity index (χ2v) is 7.87. The molecule has 31 heavy (non-hydrogen) atoms. The standard InChI is InChI=1S/C23H21FN2O5/c1-13(2)17(23(30)31-12-14-8-4-3-5-9-14)25-19(24)18(22(25)29)26-20(27)15-10-6-7-11-16(15)21(26)28/h3-11,13,17-19H,12H2,1-2H3/t17-,18-,19+/m1/s1. The number of carbonyl (C=O) groups excluding carboxylic acids is 4. The van der Waals surface area contributed by atoms with Crippen LogP contribution in [0.5, 0.6) is 0 Å². The average Bonchev–Trinajstić information content (AvgIpc) is 3.01. The number of likely N-dealkylation sites (tertiary alicyclic amines) is 1. The van der Waals surface area contributed by atoms with Gasteiger partial charge in [-0.2, -0.15) is 0 Å². The topological polar surface area (TPSA) is 84.0 Å². The number of benzene rings is 2. The Labute approximate surface area is 178 Å². The van der Waals surface area contributed by atoms with E-state index < -0.39 is 48.0 Å². The molecule has 160 valence electrons. The van der Waals surface area contributed by atoms with E-state index in [2.05, 4.69) is 0 Å². The first-order chi connectivity index (χ1) is 14.8. The second kappa shape index (κ2) is 7.94. The van der Waals surface area contributed by atoms with Gasteiger partial charge in [0.15, 0.2) is 6.04 Å². The van der Waals surface area contributed by atoms with E-state index in [9.17, 15) is 19.2 Å². The number of ether oxygens (including phenoxy) is 1. The Kier molecular flexibility index (Phi) is 5.31. The van der Waals surface area contributed by atoms with Gasteiger partial charge in [-0.15, -0.1) is 0 Å². The highest BCUT2D eigenvalue weighted by molar-refractivity contribution is 6.23. The van der Waals surface area contributed by atoms with Crippen LogP contribution < -0.4 is 0 Å². The minimum absolute atomic E-state index is 0.0102. The fourth-order valence-electron chi connectivity index (χ4n) is 3.97. The number of rotatable bonds is 6. The van der Waals surface area contributed by atoms with E-state index in [1.807, 2.05) is 6.07 Å². The van der Waals surface area contributed by atoms with Gasteiger partial charge in [-0.1, -0.05) is 56.3 Å². The highest BCUT2D eigenvalue weighted by Crippen LogP contribution is 2.36. The maximum Gasteiger partial charge on any atom is 0.329 e. The molecule has 0 aliphatic carbocycles. The van der Waals surface area contributed by atoms with Gasteiger partial charge in [-0.05, 0) is 23.6 Å². The van der Waals surface area contributed by atoms with E-state index in [1.165, 1.54) is 12.1 Å². The molecule has 0 N–H and O–H groups in total. The summed E-state index contributed by atoms with van der Waals surface area (Å²) >= 11 is 0. The Morgan fingerprint density at radius 3 is 2.03 bits per heavy atom. The van der Waals surface area contributed by atoms with Gasteiger partial charge in [0, 0.05) is 0 Å². The maximum absolute atomic E-state index is 15.2. The summed E-state index contributed by atoms with van der Waals surface area (Å²) in [7, 11) is 0. The fraction of sp³-hybridized carbons (Fsp3) is 0.304. The monoisotopic (exact) mass is 424 g/mol. The van der Waals surface area contributed by atoms with E-state index in [0.717, 1.165) is 10.5 Å². The summed E-state index contributed by atoms with van der Waals surface area (Å²) in [6.45, 7) is 3.33. The number of alkyl halides is 1. The van der Waals surface area contributed by atoms with Crippen LogP contribution in [0.3, 0.4) is 0 Å². The molecular formula is C23H21FN2O5. The molecule has 2 aliphatic rings. The molecule has 8 heteroatoms. The first kappa shape index (κ1) is 20.7. The highest BCUT2D eigenvalue weighted by Gasteiger charge is 2.60. The number of hydrogen-bond donors (Lipinski definition) is 0. The summed E-state index contributed by atoms with van der Waals surface area (Å²) in [5.74, 6) is -3.40. The zero-order valence-electron chi connectivity index (χ0n) is 17.0. The van der Waals surface area contributed by atoms with Gasteiger partial charge in [0.2, 0.25) is 6.30 Å². The molecule has 2 aliphatic heterocycles. The van der Waals surface area contributed by atoms with Crippen molar-refractivity contribution in [1.82, 2.24) is 9.80 Å². The van der Waals surface area contributed by atoms with Crippen LogP contribution in [0.4, 0.5) is 4.39 Å². The van der Waals surface area contributed by atoms with Gasteiger partial charge in [0.1, 0.15) is 12.6 Å². The van der Waals surface area contributed by atoms with Crippen molar-refractivity contribution in [3.05, 3.63) is 71.3 Å². The summed E-state index contributed by atoms with van der Waals surface area (Å²) in [5, 5.41) is 0. The third-order valence-corrected chi connectivity index (χ3v) is 5.53. The van der Waals surface area contributed by atoms with Gasteiger partial charge in [0.25, 0.3) is 17.7 Å². The molecule has 3 atom stereocenters. The van der Waals surface area contributed by atoms with Crippen LogP contribution in [0.15, 0.2) is 54.6 Å². The Balaban J connectivity index is 1.50. The van der Waals surface area contributed by atoms with Gasteiger partial charge >= 0.3 is 5.97 Å². The minimum Gasteiger partial charge on any atom is -0.459 e. The van der Waals surface area contributed by atoms with Crippen molar-refractivity contribution in [2.24, 2.45) is 5.92 Å². The van der Waals surface area contributed by atoms with Gasteiger partial charge in [0.05, 0.1) is 11.1 Å². The van der Waals surface area contributed by atoms with E-state index in [4.69, 9.17) is 4.74 Å². The van der Waals surface area contributed by atoms with E-state index in [0.29, 0.717) is 4.90 Å². The fourth-order valence-corrected chi connectivity index (χ4v) is 3.97. The van der Waals surface area contributed by atoms with Gasteiger partial charge in [-0.25, -0.2) is 9.18 Å². The SMILES string of the molecule is CC(C)[C@H](C(=O)OCc1ccccc1)N1C(=O)[C@H](N2C(=O)c3ccccc3C2=O)[C@H]1F. The van der Waals surface area contributed by atoms with Crippen LogP contribution in [-0.4, -0.2) is 51.9 Å². The lowest BCUT2D eigenvalue weighted by molar-refractivity contribution is -0.186. The summed E-state index contributed by atoms with van der Waals surface area (Å²) < 4.78 is 20.5. The predicted octanol–water partition coefficient (Wildman–Crippen LogP) is 2.56. The second-order valence-electron chi connectivity index (χ2n) is 7.87. The molecule has 2 heterocycles. The summed E-state index contributed by atoms with van der Waals surface area (Å²) in [5.41, 5.74) is 1.02. The Morgan fingerprint density at radius 1 is 0.968 bits per heavy atom. The number of halogens is 1. The number of fused-ring (bicyclic) bond motifs is 1. The predicted molar refractivity (Wildman–Crippen MR) is 107 cm³/mol. The third kappa shape index (κ3) is 3.37. The number of amides is 3. The molecule has 7 nitrogen and oxygen atoms in total. The van der Waals surface area contributed by atoms with Crippen LogP contribution in [0.25, 0.3) is 0 Å². The summed E-state index contributed by atoms with van der Waals surface area (Å²) in [6.07, 6.45) is -1.99. The molecule has 0 unspecified atom stereocenters. The smallest absolute Gasteiger partial charge is 0.329 e. The quantitative estimate of drug-likeness (QED) is 0.308. The lowest BCUT2D eigenvalue weighted by Crippen LogP contribution is -2.74. The summed E-state index contributed by atoms with van der Waals surface area (Å²) in [4.78, 5) is 52.2. The van der Waals surface area contributed by atoms with E-state index >= 15 is 4.39 Å². The molecule has 0 bridgehead atoms. The van der Waals surface area contributed by atoms with Crippen LogP contribution >= 0.6 is 0 Å². The first-order valence-electron chi connectivity index (χ1n) is 9.96. The first-order valence-corrected chi connectivity index (χ1v) is 9.96. The molecule has 1 fully saturated rings. The molecule has 2 aromatic rings. The Hall–Kier alpha value is -3.55. The number of β-lactam (4-membered cyclic amide) rings is 1. The highest BCUT2D eigenvalue weighted by atomic mass is 19.1. The van der Waals surface area contributed by atoms with Crippen molar-refractivity contribution in [3.63, 3.8) is 0 Å². The van der Waals surface area contributed by atoms with Gasteiger partial charge < -0.3 is 4.74 Å². The Morgan fingerprint density at radius 2 is 1.52 bits per heavy atom. The van der Waals surface area contributed by atoms with Crippen molar-refractivity contribution < 1.29 is 28.3 Å². The number of imide groups is 1. The zero-order valence-corrected chi connectivity index (χ0v) is 17.0. The molecule has 1 saturated heterocycles. The van der Waals surface area contributed by atoms with E-state index in [1.54, 1.807) is 50.2 Å². The normalized spacial score (nSPS) is 21.2. The van der Waals surface area contributed by atoms with Crippen molar-refractivity contribution in [2.75, 3.05) is 0 Å². The number of carbonyl (C=O) groups is 4. The lowest BCUT2D eigenvalue weighted by Gasteiger charge is -2.48. The lowest BCUT2D eigenvalue weighted by atomic mass is 9.94. The molecule has 0 radical (unpaired) electrons. The van der Waals surface area contributed by atoms with E-state index in [-0.39, 0.29) is 17.7 Å². The van der Waals surface area contributed by atoms with Crippen molar-refractivity contribution >= 4 is 23.7 Å². The molecule has 0 aromatic heterocycles.